The monoisotopic (exact) mass is 551 g/mol. The number of guanidine groups is 1. The van der Waals surface area contributed by atoms with Gasteiger partial charge in [0.25, 0.3) is 0 Å². The molecule has 31 heavy (non-hydrogen) atoms. The first-order valence-electron chi connectivity index (χ1n) is 10.2. The summed E-state index contributed by atoms with van der Waals surface area (Å²) >= 11 is 0. The number of amides is 1. The molecule has 1 aromatic carbocycles. The number of carbonyl (C=O) groups is 1. The van der Waals surface area contributed by atoms with Crippen LogP contribution in [0, 0.1) is 5.82 Å². The number of halogens is 2. The Labute approximate surface area is 201 Å². The van der Waals surface area contributed by atoms with Crippen LogP contribution in [-0.2, 0) is 16.1 Å². The highest BCUT2D eigenvalue weighted by molar-refractivity contribution is 14.0. The van der Waals surface area contributed by atoms with Crippen molar-refractivity contribution in [2.45, 2.75) is 13.0 Å². The van der Waals surface area contributed by atoms with Crippen molar-refractivity contribution >= 4 is 35.8 Å². The molecule has 1 aromatic rings. The molecule has 176 valence electrons. The number of rotatable bonds is 9. The molecule has 1 N–H and O–H groups in total. The molecule has 8 nitrogen and oxygen atoms in total. The lowest BCUT2D eigenvalue weighted by molar-refractivity contribution is -0.127. The molecule has 1 fully saturated rings. The van der Waals surface area contributed by atoms with Crippen molar-refractivity contribution in [1.29, 1.82) is 0 Å². The zero-order valence-corrected chi connectivity index (χ0v) is 21.2. The molecular formula is C21H35FIN5O3. The van der Waals surface area contributed by atoms with Crippen LogP contribution < -0.4 is 10.1 Å². The number of carbonyl (C=O) groups excluding carboxylic acids is 1. The minimum absolute atomic E-state index is 0. The molecule has 0 saturated carbocycles. The predicted octanol–water partition coefficient (Wildman–Crippen LogP) is 1.64. The van der Waals surface area contributed by atoms with Crippen molar-refractivity contribution < 1.29 is 18.7 Å². The van der Waals surface area contributed by atoms with Gasteiger partial charge in [0.1, 0.15) is 6.54 Å². The number of aliphatic imine (C=N–C) groups is 1. The van der Waals surface area contributed by atoms with E-state index >= 15 is 0 Å². The summed E-state index contributed by atoms with van der Waals surface area (Å²) in [6.07, 6.45) is 0.950. The van der Waals surface area contributed by atoms with Crippen LogP contribution in [0.2, 0.25) is 0 Å². The summed E-state index contributed by atoms with van der Waals surface area (Å²) in [6.45, 7) is 5.71. The molecular weight excluding hydrogens is 516 g/mol. The van der Waals surface area contributed by atoms with Gasteiger partial charge in [-0.2, -0.15) is 0 Å². The highest BCUT2D eigenvalue weighted by Gasteiger charge is 2.13. The zero-order valence-electron chi connectivity index (χ0n) is 18.9. The van der Waals surface area contributed by atoms with Crippen molar-refractivity contribution in [3.8, 4) is 5.75 Å². The van der Waals surface area contributed by atoms with E-state index in [1.807, 2.05) is 18.0 Å². The highest BCUT2D eigenvalue weighted by Crippen LogP contribution is 2.18. The summed E-state index contributed by atoms with van der Waals surface area (Å²) in [5.41, 5.74) is 0.789. The standard InChI is InChI=1S/C21H34FN5O3.HI/c1-25(2)20(28)15-24-21(23-8-5-9-27-10-12-30-13-11-27)26(3)16-17-6-7-19(29-4)18(22)14-17;/h6-7,14H,5,8-13,15-16H2,1-4H3,(H,23,24);1H. The van der Waals surface area contributed by atoms with Crippen molar-refractivity contribution in [3.05, 3.63) is 29.6 Å². The molecule has 1 amide bonds. The first kappa shape index (κ1) is 27.4. The van der Waals surface area contributed by atoms with E-state index in [2.05, 4.69) is 15.2 Å². The third kappa shape index (κ3) is 9.56. The predicted molar refractivity (Wildman–Crippen MR) is 131 cm³/mol. The molecule has 1 aliphatic rings. The number of nitrogens with zero attached hydrogens (tertiary/aromatic N) is 4. The van der Waals surface area contributed by atoms with Gasteiger partial charge < -0.3 is 24.6 Å². The quantitative estimate of drug-likeness (QED) is 0.218. The molecule has 1 heterocycles. The van der Waals surface area contributed by atoms with Gasteiger partial charge in [-0.05, 0) is 30.7 Å². The van der Waals surface area contributed by atoms with Gasteiger partial charge >= 0.3 is 0 Å². The van der Waals surface area contributed by atoms with Gasteiger partial charge in [0.2, 0.25) is 5.91 Å². The van der Waals surface area contributed by atoms with Gasteiger partial charge in [0.05, 0.1) is 20.3 Å². The number of nitrogens with one attached hydrogen (secondary N) is 1. The summed E-state index contributed by atoms with van der Waals surface area (Å²) in [7, 11) is 6.72. The molecule has 0 atom stereocenters. The zero-order chi connectivity index (χ0) is 21.9. The van der Waals surface area contributed by atoms with Crippen LogP contribution in [0.15, 0.2) is 23.2 Å². The Morgan fingerprint density at radius 1 is 1.29 bits per heavy atom. The maximum atomic E-state index is 14.0. The maximum absolute atomic E-state index is 14.0. The Kier molecular flexibility index (Phi) is 12.7. The van der Waals surface area contributed by atoms with Crippen molar-refractivity contribution in [2.75, 3.05) is 74.2 Å². The van der Waals surface area contributed by atoms with Crippen molar-refractivity contribution in [2.24, 2.45) is 4.99 Å². The van der Waals surface area contributed by atoms with Gasteiger partial charge in [-0.25, -0.2) is 9.38 Å². The van der Waals surface area contributed by atoms with Crippen molar-refractivity contribution in [1.82, 2.24) is 20.0 Å². The Morgan fingerprint density at radius 3 is 2.61 bits per heavy atom. The normalized spacial score (nSPS) is 14.5. The van der Waals surface area contributed by atoms with Gasteiger partial charge in [0.15, 0.2) is 17.5 Å². The highest BCUT2D eigenvalue weighted by atomic mass is 127. The lowest BCUT2D eigenvalue weighted by atomic mass is 10.2. The molecule has 1 aliphatic heterocycles. The summed E-state index contributed by atoms with van der Waals surface area (Å²) in [6, 6.07) is 4.89. The summed E-state index contributed by atoms with van der Waals surface area (Å²) in [4.78, 5) is 22.2. The van der Waals surface area contributed by atoms with Gasteiger partial charge in [-0.1, -0.05) is 6.07 Å². The average Bonchev–Trinajstić information content (AvgIpc) is 2.73. The van der Waals surface area contributed by atoms with Crippen molar-refractivity contribution in [3.63, 3.8) is 0 Å². The van der Waals surface area contributed by atoms with Crippen LogP contribution in [0.25, 0.3) is 0 Å². The molecule has 10 heteroatoms. The second-order valence-corrected chi connectivity index (χ2v) is 7.49. The van der Waals surface area contributed by atoms with E-state index in [4.69, 9.17) is 9.47 Å². The number of ether oxygens (including phenoxy) is 2. The Bertz CT molecular complexity index is 714. The minimum Gasteiger partial charge on any atom is -0.494 e. The topological polar surface area (TPSA) is 69.6 Å². The number of morpholine rings is 1. The third-order valence-corrected chi connectivity index (χ3v) is 4.90. The molecule has 0 unspecified atom stereocenters. The molecule has 0 aliphatic carbocycles. The van der Waals surface area contributed by atoms with E-state index in [0.717, 1.165) is 51.4 Å². The molecule has 0 aromatic heterocycles. The Morgan fingerprint density at radius 2 is 2.00 bits per heavy atom. The molecule has 1 saturated heterocycles. The average molecular weight is 551 g/mol. The molecule has 0 radical (unpaired) electrons. The first-order valence-corrected chi connectivity index (χ1v) is 10.2. The van der Waals surface area contributed by atoms with E-state index in [0.29, 0.717) is 12.5 Å². The number of hydrogen-bond donors (Lipinski definition) is 1. The minimum atomic E-state index is -0.400. The second kappa shape index (κ2) is 14.4. The van der Waals surface area contributed by atoms with E-state index in [1.165, 1.54) is 18.1 Å². The van der Waals surface area contributed by atoms with E-state index < -0.39 is 5.82 Å². The van der Waals surface area contributed by atoms with Crippen LogP contribution in [0.1, 0.15) is 12.0 Å². The summed E-state index contributed by atoms with van der Waals surface area (Å²) < 4.78 is 24.4. The molecule has 2 rings (SSSR count). The lowest BCUT2D eigenvalue weighted by Crippen LogP contribution is -2.42. The number of methoxy groups -OCH3 is 1. The largest absolute Gasteiger partial charge is 0.494 e. The van der Waals surface area contributed by atoms with Crippen LogP contribution in [-0.4, -0.2) is 101 Å². The van der Waals surface area contributed by atoms with E-state index in [-0.39, 0.29) is 42.2 Å². The smallest absolute Gasteiger partial charge is 0.243 e. The van der Waals surface area contributed by atoms with Gasteiger partial charge in [-0.3, -0.25) is 9.69 Å². The summed E-state index contributed by atoms with van der Waals surface area (Å²) in [5.74, 6) is 0.353. The van der Waals surface area contributed by atoms with Crippen LogP contribution >= 0.6 is 24.0 Å². The first-order chi connectivity index (χ1) is 14.4. The molecule has 0 bridgehead atoms. The molecule has 0 spiro atoms. The fourth-order valence-corrected chi connectivity index (χ4v) is 3.08. The third-order valence-electron chi connectivity index (χ3n) is 4.90. The fourth-order valence-electron chi connectivity index (χ4n) is 3.08. The second-order valence-electron chi connectivity index (χ2n) is 7.49. The fraction of sp³-hybridized carbons (Fsp3) is 0.619. The number of likely N-dealkylation sites (N-methyl/N-ethyl adjacent to an activating group) is 1. The van der Waals surface area contributed by atoms with Crippen LogP contribution in [0.3, 0.4) is 0 Å². The summed E-state index contributed by atoms with van der Waals surface area (Å²) in [5, 5.41) is 3.34. The van der Waals surface area contributed by atoms with Gasteiger partial charge in [0, 0.05) is 47.3 Å². The lowest BCUT2D eigenvalue weighted by Gasteiger charge is -2.27. The van der Waals surface area contributed by atoms with Crippen LogP contribution in [0.4, 0.5) is 4.39 Å². The number of benzene rings is 1. The van der Waals surface area contributed by atoms with Crippen LogP contribution in [0.5, 0.6) is 5.75 Å². The van der Waals surface area contributed by atoms with E-state index in [1.54, 1.807) is 20.2 Å². The number of hydrogen-bond acceptors (Lipinski definition) is 5. The maximum Gasteiger partial charge on any atom is 0.243 e. The van der Waals surface area contributed by atoms with Gasteiger partial charge in [-0.15, -0.1) is 24.0 Å². The Balaban J connectivity index is 0.00000480. The SMILES string of the molecule is COc1ccc(CN(C)C(=NCC(=O)N(C)C)NCCCN2CCOCC2)cc1F.I. The van der Waals surface area contributed by atoms with E-state index in [9.17, 15) is 9.18 Å². The Hall–Kier alpha value is -1.66.